The van der Waals surface area contributed by atoms with Crippen molar-refractivity contribution in [1.82, 2.24) is 9.80 Å². The number of hydrogen-bond donors (Lipinski definition) is 0. The number of halogens is 1. The lowest BCUT2D eigenvalue weighted by atomic mass is 10.3. The average Bonchev–Trinajstić information content (AvgIpc) is 2.00. The van der Waals surface area contributed by atoms with E-state index in [4.69, 9.17) is 11.6 Å². The molecule has 0 aromatic carbocycles. The van der Waals surface area contributed by atoms with Crippen molar-refractivity contribution in [2.24, 2.45) is 0 Å². The van der Waals surface area contributed by atoms with Crippen LogP contribution in [0.2, 0.25) is 0 Å². The van der Waals surface area contributed by atoms with E-state index in [1.54, 1.807) is 0 Å². The van der Waals surface area contributed by atoms with Gasteiger partial charge in [-0.3, -0.25) is 0 Å². The maximum absolute atomic E-state index is 5.87. The van der Waals surface area contributed by atoms with Gasteiger partial charge < -0.3 is 9.80 Å². The summed E-state index contributed by atoms with van der Waals surface area (Å²) in [5, 5.41) is 0.302. The number of rotatable bonds is 7. The van der Waals surface area contributed by atoms with E-state index in [0.29, 0.717) is 5.38 Å². The van der Waals surface area contributed by atoms with Crippen molar-refractivity contribution in [3.05, 3.63) is 0 Å². The molecule has 0 fully saturated rings. The van der Waals surface area contributed by atoms with E-state index in [-0.39, 0.29) is 0 Å². The number of alkyl halides is 1. The molecular weight excluding hydrogens is 184 g/mol. The third-order valence-electron chi connectivity index (χ3n) is 2.05. The van der Waals surface area contributed by atoms with Crippen LogP contribution in [0.1, 0.15) is 19.8 Å². The molecular formula is C10H23ClN2. The summed E-state index contributed by atoms with van der Waals surface area (Å²) in [6, 6.07) is 0. The molecule has 0 aliphatic carbocycles. The van der Waals surface area contributed by atoms with E-state index in [0.717, 1.165) is 13.0 Å². The third-order valence-corrected chi connectivity index (χ3v) is 2.27. The van der Waals surface area contributed by atoms with Crippen LogP contribution in [-0.4, -0.2) is 56.0 Å². The standard InChI is InChI=1S/C10H23ClN2/c1-10(11)6-9-13(4)8-5-7-12(2)3/h10H,5-9H2,1-4H3. The summed E-state index contributed by atoms with van der Waals surface area (Å²) in [4.78, 5) is 4.57. The summed E-state index contributed by atoms with van der Waals surface area (Å²) in [6.45, 7) is 5.50. The maximum atomic E-state index is 5.87. The molecule has 0 bridgehead atoms. The minimum absolute atomic E-state index is 0.302. The van der Waals surface area contributed by atoms with Gasteiger partial charge in [-0.1, -0.05) is 0 Å². The Bertz CT molecular complexity index is 115. The van der Waals surface area contributed by atoms with Gasteiger partial charge in [0.25, 0.3) is 0 Å². The van der Waals surface area contributed by atoms with Crippen molar-refractivity contribution in [3.8, 4) is 0 Å². The molecule has 0 aliphatic heterocycles. The molecule has 0 saturated heterocycles. The number of hydrogen-bond acceptors (Lipinski definition) is 2. The van der Waals surface area contributed by atoms with Crippen molar-refractivity contribution in [2.45, 2.75) is 25.1 Å². The van der Waals surface area contributed by atoms with E-state index < -0.39 is 0 Å². The SMILES string of the molecule is CC(Cl)CCN(C)CCCN(C)C. The largest absolute Gasteiger partial charge is 0.309 e. The van der Waals surface area contributed by atoms with Crippen LogP contribution >= 0.6 is 11.6 Å². The first-order valence-electron chi connectivity index (χ1n) is 4.99. The molecule has 0 aromatic rings. The van der Waals surface area contributed by atoms with Gasteiger partial charge in [0, 0.05) is 5.38 Å². The fourth-order valence-electron chi connectivity index (χ4n) is 1.17. The lowest BCUT2D eigenvalue weighted by Crippen LogP contribution is -2.25. The molecule has 1 unspecified atom stereocenters. The van der Waals surface area contributed by atoms with Crippen LogP contribution in [-0.2, 0) is 0 Å². The average molecular weight is 207 g/mol. The Morgan fingerprint density at radius 1 is 1.08 bits per heavy atom. The van der Waals surface area contributed by atoms with Crippen molar-refractivity contribution < 1.29 is 0 Å². The fourth-order valence-corrected chi connectivity index (χ4v) is 1.26. The molecule has 0 aromatic heterocycles. The van der Waals surface area contributed by atoms with E-state index in [1.165, 1.54) is 19.5 Å². The van der Waals surface area contributed by atoms with Gasteiger partial charge in [-0.25, -0.2) is 0 Å². The van der Waals surface area contributed by atoms with Crippen LogP contribution in [0, 0.1) is 0 Å². The lowest BCUT2D eigenvalue weighted by Gasteiger charge is -2.18. The molecule has 0 N–H and O–H groups in total. The van der Waals surface area contributed by atoms with Crippen molar-refractivity contribution >= 4 is 11.6 Å². The predicted molar refractivity (Wildman–Crippen MR) is 60.6 cm³/mol. The van der Waals surface area contributed by atoms with E-state index in [9.17, 15) is 0 Å². The highest BCUT2D eigenvalue weighted by Gasteiger charge is 2.01. The molecule has 0 rings (SSSR count). The van der Waals surface area contributed by atoms with Gasteiger partial charge in [0.05, 0.1) is 0 Å². The van der Waals surface area contributed by atoms with Gasteiger partial charge in [-0.05, 0) is 60.5 Å². The Balaban J connectivity index is 3.25. The third kappa shape index (κ3) is 10.1. The minimum atomic E-state index is 0.302. The van der Waals surface area contributed by atoms with Gasteiger partial charge >= 0.3 is 0 Å². The molecule has 80 valence electrons. The summed E-state index contributed by atoms with van der Waals surface area (Å²) in [5.74, 6) is 0. The molecule has 13 heavy (non-hydrogen) atoms. The predicted octanol–water partition coefficient (Wildman–Crippen LogP) is 1.89. The van der Waals surface area contributed by atoms with Gasteiger partial charge in [-0.15, -0.1) is 11.6 Å². The normalized spacial score (nSPS) is 14.1. The second kappa shape index (κ2) is 7.60. The number of nitrogens with zero attached hydrogens (tertiary/aromatic N) is 2. The van der Waals surface area contributed by atoms with E-state index >= 15 is 0 Å². The molecule has 2 nitrogen and oxygen atoms in total. The Kier molecular flexibility index (Phi) is 7.72. The summed E-state index contributed by atoms with van der Waals surface area (Å²) in [5.41, 5.74) is 0. The maximum Gasteiger partial charge on any atom is 0.0320 e. The second-order valence-corrected chi connectivity index (χ2v) is 4.77. The Hall–Kier alpha value is 0.210. The van der Waals surface area contributed by atoms with E-state index in [2.05, 4.69) is 37.9 Å². The first-order valence-corrected chi connectivity index (χ1v) is 5.43. The summed E-state index contributed by atoms with van der Waals surface area (Å²) < 4.78 is 0. The molecule has 0 aliphatic rings. The van der Waals surface area contributed by atoms with E-state index in [1.807, 2.05) is 0 Å². The molecule has 0 saturated carbocycles. The molecule has 3 heteroatoms. The molecule has 1 atom stereocenters. The monoisotopic (exact) mass is 206 g/mol. The lowest BCUT2D eigenvalue weighted by molar-refractivity contribution is 0.297. The Labute approximate surface area is 87.8 Å². The zero-order valence-corrected chi connectivity index (χ0v) is 10.1. The smallest absolute Gasteiger partial charge is 0.0320 e. The van der Waals surface area contributed by atoms with Gasteiger partial charge in [-0.2, -0.15) is 0 Å². The summed E-state index contributed by atoms with van der Waals surface area (Å²) >= 11 is 5.87. The van der Waals surface area contributed by atoms with Crippen molar-refractivity contribution in [1.29, 1.82) is 0 Å². The van der Waals surface area contributed by atoms with Crippen LogP contribution in [0.15, 0.2) is 0 Å². The van der Waals surface area contributed by atoms with Crippen LogP contribution in [0.25, 0.3) is 0 Å². The minimum Gasteiger partial charge on any atom is -0.309 e. The highest BCUT2D eigenvalue weighted by Crippen LogP contribution is 2.01. The first-order chi connectivity index (χ1) is 6.02. The van der Waals surface area contributed by atoms with Gasteiger partial charge in [0.15, 0.2) is 0 Å². The first kappa shape index (κ1) is 13.2. The Morgan fingerprint density at radius 3 is 2.15 bits per heavy atom. The van der Waals surface area contributed by atoms with Crippen LogP contribution < -0.4 is 0 Å². The second-order valence-electron chi connectivity index (χ2n) is 4.03. The Morgan fingerprint density at radius 2 is 1.69 bits per heavy atom. The molecule has 0 spiro atoms. The quantitative estimate of drug-likeness (QED) is 0.587. The van der Waals surface area contributed by atoms with Gasteiger partial charge in [0.2, 0.25) is 0 Å². The van der Waals surface area contributed by atoms with Gasteiger partial charge in [0.1, 0.15) is 0 Å². The van der Waals surface area contributed by atoms with Crippen LogP contribution in [0.4, 0.5) is 0 Å². The van der Waals surface area contributed by atoms with Crippen LogP contribution in [0.3, 0.4) is 0 Å². The molecule has 0 heterocycles. The van der Waals surface area contributed by atoms with Crippen molar-refractivity contribution in [2.75, 3.05) is 40.8 Å². The molecule has 0 amide bonds. The highest BCUT2D eigenvalue weighted by molar-refractivity contribution is 6.20. The van der Waals surface area contributed by atoms with Crippen LogP contribution in [0.5, 0.6) is 0 Å². The topological polar surface area (TPSA) is 6.48 Å². The zero-order chi connectivity index (χ0) is 10.3. The summed E-state index contributed by atoms with van der Waals surface area (Å²) in [7, 11) is 6.39. The van der Waals surface area contributed by atoms with Crippen molar-refractivity contribution in [3.63, 3.8) is 0 Å². The summed E-state index contributed by atoms with van der Waals surface area (Å²) in [6.07, 6.45) is 2.32. The zero-order valence-electron chi connectivity index (χ0n) is 9.39. The molecule has 0 radical (unpaired) electrons. The highest BCUT2D eigenvalue weighted by atomic mass is 35.5. The fraction of sp³-hybridized carbons (Fsp3) is 1.00.